The summed E-state index contributed by atoms with van der Waals surface area (Å²) >= 11 is 0. The Labute approximate surface area is 139 Å². The van der Waals surface area contributed by atoms with Crippen molar-refractivity contribution in [1.82, 2.24) is 5.32 Å². The number of carboxylic acid groups (broad SMARTS) is 1. The van der Waals surface area contributed by atoms with E-state index in [2.05, 4.69) is 36.5 Å². The van der Waals surface area contributed by atoms with Crippen LogP contribution >= 0.6 is 0 Å². The lowest BCUT2D eigenvalue weighted by Gasteiger charge is -2.20. The van der Waals surface area contributed by atoms with Crippen molar-refractivity contribution in [3.63, 3.8) is 0 Å². The number of hydrogen-bond acceptors (Lipinski definition) is 2. The van der Waals surface area contributed by atoms with E-state index in [1.165, 1.54) is 11.1 Å². The molecule has 0 fully saturated rings. The van der Waals surface area contributed by atoms with Crippen molar-refractivity contribution in [2.75, 3.05) is 0 Å². The van der Waals surface area contributed by atoms with Gasteiger partial charge in [-0.05, 0) is 36.3 Å². The van der Waals surface area contributed by atoms with Crippen molar-refractivity contribution in [3.05, 3.63) is 35.4 Å². The molecule has 0 aliphatic carbocycles. The molecule has 2 N–H and O–H groups in total. The summed E-state index contributed by atoms with van der Waals surface area (Å²) in [5.41, 5.74) is 2.56. The van der Waals surface area contributed by atoms with Gasteiger partial charge in [-0.1, -0.05) is 57.9 Å². The second-order valence-corrected chi connectivity index (χ2v) is 6.19. The van der Waals surface area contributed by atoms with E-state index in [1.54, 1.807) is 0 Å². The molecule has 0 spiro atoms. The summed E-state index contributed by atoms with van der Waals surface area (Å²) in [6.07, 6.45) is 4.88. The van der Waals surface area contributed by atoms with Gasteiger partial charge in [0.1, 0.15) is 6.04 Å². The van der Waals surface area contributed by atoms with Crippen LogP contribution in [0.4, 0.5) is 0 Å². The minimum atomic E-state index is -0.959. The summed E-state index contributed by atoms with van der Waals surface area (Å²) in [5, 5.41) is 11.8. The Morgan fingerprint density at radius 1 is 1.09 bits per heavy atom. The molecule has 0 aliphatic rings. The molecule has 0 heterocycles. The molecule has 1 amide bonds. The van der Waals surface area contributed by atoms with E-state index in [0.717, 1.165) is 32.1 Å². The van der Waals surface area contributed by atoms with Gasteiger partial charge in [-0.2, -0.15) is 0 Å². The molecule has 1 rings (SSSR count). The predicted octanol–water partition coefficient (Wildman–Crippen LogP) is 3.58. The van der Waals surface area contributed by atoms with Gasteiger partial charge in [0.2, 0.25) is 5.91 Å². The van der Waals surface area contributed by atoms with E-state index in [4.69, 9.17) is 0 Å². The lowest BCUT2D eigenvalue weighted by Crippen LogP contribution is -2.44. The number of hydrogen-bond donors (Lipinski definition) is 2. The first-order valence-electron chi connectivity index (χ1n) is 8.57. The normalized spacial score (nSPS) is 13.3. The van der Waals surface area contributed by atoms with Crippen molar-refractivity contribution >= 4 is 11.9 Å². The molecule has 128 valence electrons. The summed E-state index contributed by atoms with van der Waals surface area (Å²) in [7, 11) is 0. The monoisotopic (exact) mass is 319 g/mol. The fourth-order valence-corrected chi connectivity index (χ4v) is 2.54. The smallest absolute Gasteiger partial charge is 0.326 e. The van der Waals surface area contributed by atoms with Gasteiger partial charge in [-0.15, -0.1) is 0 Å². The second kappa shape index (κ2) is 10.0. The molecular formula is C19H29NO3. The lowest BCUT2D eigenvalue weighted by molar-refractivity contribution is -0.143. The Morgan fingerprint density at radius 3 is 2.13 bits per heavy atom. The molecule has 0 bridgehead atoms. The van der Waals surface area contributed by atoms with Crippen molar-refractivity contribution in [2.24, 2.45) is 5.92 Å². The van der Waals surface area contributed by atoms with Crippen molar-refractivity contribution < 1.29 is 14.7 Å². The van der Waals surface area contributed by atoms with Crippen molar-refractivity contribution in [2.45, 2.75) is 65.3 Å². The number of aliphatic carboxylic acids is 1. The first kappa shape index (κ1) is 19.2. The van der Waals surface area contributed by atoms with Gasteiger partial charge in [0, 0.05) is 6.42 Å². The molecule has 23 heavy (non-hydrogen) atoms. The van der Waals surface area contributed by atoms with Gasteiger partial charge in [0.05, 0.1) is 0 Å². The van der Waals surface area contributed by atoms with E-state index in [0.29, 0.717) is 6.42 Å². The summed E-state index contributed by atoms with van der Waals surface area (Å²) in [6, 6.07) is 7.72. The van der Waals surface area contributed by atoms with Crippen LogP contribution in [0.15, 0.2) is 24.3 Å². The molecule has 1 aromatic rings. The fourth-order valence-electron chi connectivity index (χ4n) is 2.54. The average Bonchev–Trinajstić information content (AvgIpc) is 2.53. The Bertz CT molecular complexity index is 496. The fraction of sp³-hybridized carbons (Fsp3) is 0.579. The molecule has 2 atom stereocenters. The van der Waals surface area contributed by atoms with Crippen molar-refractivity contribution in [1.29, 1.82) is 0 Å². The number of aryl methyl sites for hydroxylation is 2. The Morgan fingerprint density at radius 2 is 1.65 bits per heavy atom. The standard InChI is InChI=1S/C19H29NO3/c1-4-7-15-10-12-16(13-11-15)8-6-9-17(21)20-18(19(22)23)14(3)5-2/h10-14,18H,4-9H2,1-3H3,(H,20,21)(H,22,23). The Kier molecular flexibility index (Phi) is 8.38. The molecule has 0 aliphatic heterocycles. The number of carbonyl (C=O) groups is 2. The van der Waals surface area contributed by atoms with E-state index in [1.807, 2.05) is 13.8 Å². The Balaban J connectivity index is 2.39. The molecule has 4 heteroatoms. The molecule has 0 saturated carbocycles. The minimum Gasteiger partial charge on any atom is -0.480 e. The zero-order chi connectivity index (χ0) is 17.2. The minimum absolute atomic E-state index is 0.0671. The number of carboxylic acids is 1. The van der Waals surface area contributed by atoms with Gasteiger partial charge in [0.15, 0.2) is 0 Å². The maximum Gasteiger partial charge on any atom is 0.326 e. The summed E-state index contributed by atoms with van der Waals surface area (Å²) in [4.78, 5) is 23.1. The van der Waals surface area contributed by atoms with Crippen molar-refractivity contribution in [3.8, 4) is 0 Å². The number of benzene rings is 1. The van der Waals surface area contributed by atoms with E-state index in [9.17, 15) is 14.7 Å². The van der Waals surface area contributed by atoms with Crippen LogP contribution in [0.1, 0.15) is 57.6 Å². The molecule has 4 nitrogen and oxygen atoms in total. The summed E-state index contributed by atoms with van der Waals surface area (Å²) in [6.45, 7) is 5.93. The van der Waals surface area contributed by atoms with Crippen LogP contribution in [0.5, 0.6) is 0 Å². The van der Waals surface area contributed by atoms with E-state index in [-0.39, 0.29) is 11.8 Å². The van der Waals surface area contributed by atoms with Crippen LogP contribution in [-0.4, -0.2) is 23.0 Å². The third-order valence-electron chi connectivity index (χ3n) is 4.23. The van der Waals surface area contributed by atoms with E-state index < -0.39 is 12.0 Å². The topological polar surface area (TPSA) is 66.4 Å². The third-order valence-corrected chi connectivity index (χ3v) is 4.23. The number of nitrogens with one attached hydrogen (secondary N) is 1. The molecular weight excluding hydrogens is 290 g/mol. The molecule has 0 saturated heterocycles. The largest absolute Gasteiger partial charge is 0.480 e. The SMILES string of the molecule is CCCc1ccc(CCCC(=O)NC(C(=O)O)C(C)CC)cc1. The van der Waals surface area contributed by atoms with Gasteiger partial charge in [-0.3, -0.25) is 4.79 Å². The highest BCUT2D eigenvalue weighted by atomic mass is 16.4. The van der Waals surface area contributed by atoms with E-state index >= 15 is 0 Å². The predicted molar refractivity (Wildman–Crippen MR) is 92.4 cm³/mol. The van der Waals surface area contributed by atoms with Crippen LogP contribution < -0.4 is 5.32 Å². The zero-order valence-corrected chi connectivity index (χ0v) is 14.5. The average molecular weight is 319 g/mol. The van der Waals surface area contributed by atoms with Crippen LogP contribution in [0.3, 0.4) is 0 Å². The molecule has 2 unspecified atom stereocenters. The maximum absolute atomic E-state index is 11.9. The zero-order valence-electron chi connectivity index (χ0n) is 14.5. The first-order chi connectivity index (χ1) is 11.0. The van der Waals surface area contributed by atoms with Gasteiger partial charge in [-0.25, -0.2) is 4.79 Å². The molecule has 0 radical (unpaired) electrons. The van der Waals surface area contributed by atoms with Gasteiger partial charge >= 0.3 is 5.97 Å². The third kappa shape index (κ3) is 6.85. The molecule has 1 aromatic carbocycles. The number of amides is 1. The molecule has 0 aromatic heterocycles. The quantitative estimate of drug-likeness (QED) is 0.693. The second-order valence-electron chi connectivity index (χ2n) is 6.19. The van der Waals surface area contributed by atoms with Gasteiger partial charge in [0.25, 0.3) is 0 Å². The van der Waals surface area contributed by atoms with Crippen LogP contribution in [-0.2, 0) is 22.4 Å². The highest BCUT2D eigenvalue weighted by Gasteiger charge is 2.24. The summed E-state index contributed by atoms with van der Waals surface area (Å²) in [5.74, 6) is -1.21. The van der Waals surface area contributed by atoms with Crippen LogP contribution in [0.25, 0.3) is 0 Å². The highest BCUT2D eigenvalue weighted by Crippen LogP contribution is 2.11. The first-order valence-corrected chi connectivity index (χ1v) is 8.57. The van der Waals surface area contributed by atoms with Crippen LogP contribution in [0.2, 0.25) is 0 Å². The highest BCUT2D eigenvalue weighted by molar-refractivity contribution is 5.83. The maximum atomic E-state index is 11.9. The summed E-state index contributed by atoms with van der Waals surface area (Å²) < 4.78 is 0. The van der Waals surface area contributed by atoms with Crippen LogP contribution in [0, 0.1) is 5.92 Å². The lowest BCUT2D eigenvalue weighted by atomic mass is 9.99. The number of carbonyl (C=O) groups excluding carboxylic acids is 1. The number of rotatable bonds is 10. The Hall–Kier alpha value is -1.84. The van der Waals surface area contributed by atoms with Gasteiger partial charge < -0.3 is 10.4 Å².